The lowest BCUT2D eigenvalue weighted by atomic mass is 10.2. The van der Waals surface area contributed by atoms with Crippen molar-refractivity contribution in [3.8, 4) is 5.75 Å². The topological polar surface area (TPSA) is 84.7 Å². The van der Waals surface area contributed by atoms with Gasteiger partial charge in [0, 0.05) is 17.9 Å². The first-order valence-electron chi connectivity index (χ1n) is 6.68. The van der Waals surface area contributed by atoms with Gasteiger partial charge in [0.1, 0.15) is 11.8 Å². The maximum absolute atomic E-state index is 12.3. The van der Waals surface area contributed by atoms with E-state index < -0.39 is 6.04 Å². The van der Waals surface area contributed by atoms with Gasteiger partial charge in [0.05, 0.1) is 18.7 Å². The molecule has 1 unspecified atom stereocenters. The number of nitrogen functional groups attached to an aromatic ring is 1. The lowest BCUT2D eigenvalue weighted by molar-refractivity contribution is -0.135. The highest BCUT2D eigenvalue weighted by molar-refractivity contribution is 7.99. The highest BCUT2D eigenvalue weighted by Crippen LogP contribution is 2.26. The van der Waals surface area contributed by atoms with Gasteiger partial charge in [0.15, 0.2) is 0 Å². The summed E-state index contributed by atoms with van der Waals surface area (Å²) in [6, 6.07) is 4.64. The van der Waals surface area contributed by atoms with Gasteiger partial charge in [0.25, 0.3) is 0 Å². The minimum atomic E-state index is -0.425. The molecule has 1 saturated heterocycles. The third-order valence-corrected chi connectivity index (χ3v) is 4.32. The Balaban J connectivity index is 0.00000242. The van der Waals surface area contributed by atoms with Crippen molar-refractivity contribution in [2.24, 2.45) is 0 Å². The molecule has 8 heteroatoms. The summed E-state index contributed by atoms with van der Waals surface area (Å²) in [4.78, 5) is 25.8. The summed E-state index contributed by atoms with van der Waals surface area (Å²) in [5.41, 5.74) is 6.87. The molecule has 2 amide bonds. The van der Waals surface area contributed by atoms with E-state index in [9.17, 15) is 9.59 Å². The Kier molecular flexibility index (Phi) is 6.83. The number of methoxy groups -OCH3 is 1. The van der Waals surface area contributed by atoms with Crippen LogP contribution >= 0.6 is 24.2 Å². The Bertz CT molecular complexity index is 556. The number of ether oxygens (including phenoxy) is 1. The van der Waals surface area contributed by atoms with Crippen LogP contribution in [-0.4, -0.2) is 41.5 Å². The first kappa shape index (κ1) is 18.4. The monoisotopic (exact) mass is 345 g/mol. The lowest BCUT2D eigenvalue weighted by Gasteiger charge is -2.22. The highest BCUT2D eigenvalue weighted by atomic mass is 35.5. The SMILES string of the molecule is CCC(=O)N1CSCC1C(=O)Nc1ccc(OC)c(N)c1.Cl. The molecule has 1 fully saturated rings. The maximum Gasteiger partial charge on any atom is 0.248 e. The van der Waals surface area contributed by atoms with Gasteiger partial charge in [-0.25, -0.2) is 0 Å². The van der Waals surface area contributed by atoms with E-state index in [1.807, 2.05) is 0 Å². The Morgan fingerprint density at radius 1 is 1.50 bits per heavy atom. The molecule has 0 aromatic heterocycles. The molecule has 0 saturated carbocycles. The molecule has 1 heterocycles. The van der Waals surface area contributed by atoms with Crippen LogP contribution in [0.5, 0.6) is 5.75 Å². The Hall–Kier alpha value is -1.60. The largest absolute Gasteiger partial charge is 0.495 e. The summed E-state index contributed by atoms with van der Waals surface area (Å²) in [6.45, 7) is 1.80. The van der Waals surface area contributed by atoms with Crippen LogP contribution in [0.2, 0.25) is 0 Å². The number of nitrogens with one attached hydrogen (secondary N) is 1. The van der Waals surface area contributed by atoms with Crippen molar-refractivity contribution in [1.82, 2.24) is 4.90 Å². The summed E-state index contributed by atoms with van der Waals surface area (Å²) in [7, 11) is 1.54. The fraction of sp³-hybridized carbons (Fsp3) is 0.429. The quantitative estimate of drug-likeness (QED) is 0.815. The molecule has 0 bridgehead atoms. The van der Waals surface area contributed by atoms with Crippen LogP contribution in [-0.2, 0) is 9.59 Å². The number of hydrogen-bond acceptors (Lipinski definition) is 5. The predicted octanol–water partition coefficient (Wildman–Crippen LogP) is 1.95. The third-order valence-electron chi connectivity index (χ3n) is 3.31. The van der Waals surface area contributed by atoms with Crippen molar-refractivity contribution >= 4 is 47.4 Å². The minimum absolute atomic E-state index is 0. The molecule has 1 aromatic rings. The van der Waals surface area contributed by atoms with Gasteiger partial charge in [-0.3, -0.25) is 9.59 Å². The van der Waals surface area contributed by atoms with Crippen molar-refractivity contribution in [3.63, 3.8) is 0 Å². The van der Waals surface area contributed by atoms with E-state index in [4.69, 9.17) is 10.5 Å². The van der Waals surface area contributed by atoms with Crippen molar-refractivity contribution in [1.29, 1.82) is 0 Å². The smallest absolute Gasteiger partial charge is 0.248 e. The van der Waals surface area contributed by atoms with E-state index in [2.05, 4.69) is 5.32 Å². The number of rotatable bonds is 4. The number of hydrogen-bond donors (Lipinski definition) is 2. The fourth-order valence-electron chi connectivity index (χ4n) is 2.15. The molecular formula is C14H20ClN3O3S. The molecule has 1 aromatic carbocycles. The minimum Gasteiger partial charge on any atom is -0.495 e. The Morgan fingerprint density at radius 2 is 2.23 bits per heavy atom. The standard InChI is InChI=1S/C14H19N3O3S.ClH/c1-3-13(18)17-8-21-7-11(17)14(19)16-9-4-5-12(20-2)10(15)6-9;/h4-6,11H,3,7-8,15H2,1-2H3,(H,16,19);1H. The number of thioether (sulfide) groups is 1. The van der Waals surface area contributed by atoms with Crippen LogP contribution in [0, 0.1) is 0 Å². The van der Waals surface area contributed by atoms with Crippen molar-refractivity contribution in [2.45, 2.75) is 19.4 Å². The number of nitrogens with two attached hydrogens (primary N) is 1. The first-order chi connectivity index (χ1) is 10.1. The van der Waals surface area contributed by atoms with E-state index >= 15 is 0 Å². The van der Waals surface area contributed by atoms with Crippen LogP contribution in [0.15, 0.2) is 18.2 Å². The average molecular weight is 346 g/mol. The van der Waals surface area contributed by atoms with Gasteiger partial charge < -0.3 is 20.7 Å². The number of amides is 2. The van der Waals surface area contributed by atoms with Gasteiger partial charge in [-0.05, 0) is 18.2 Å². The highest BCUT2D eigenvalue weighted by Gasteiger charge is 2.33. The Morgan fingerprint density at radius 3 is 2.82 bits per heavy atom. The van der Waals surface area contributed by atoms with Crippen LogP contribution in [0.25, 0.3) is 0 Å². The molecule has 6 nitrogen and oxygen atoms in total. The summed E-state index contributed by atoms with van der Waals surface area (Å²) in [5, 5.41) is 2.80. The summed E-state index contributed by atoms with van der Waals surface area (Å²) >= 11 is 1.58. The number of benzene rings is 1. The number of nitrogens with zero attached hydrogens (tertiary/aromatic N) is 1. The fourth-order valence-corrected chi connectivity index (χ4v) is 3.33. The van der Waals surface area contributed by atoms with Gasteiger partial charge in [-0.2, -0.15) is 0 Å². The van der Waals surface area contributed by atoms with Crippen molar-refractivity contribution in [2.75, 3.05) is 29.8 Å². The van der Waals surface area contributed by atoms with E-state index in [0.717, 1.165) is 0 Å². The van der Waals surface area contributed by atoms with E-state index in [-0.39, 0.29) is 24.2 Å². The molecule has 1 aliphatic rings. The van der Waals surface area contributed by atoms with Gasteiger partial charge in [0.2, 0.25) is 11.8 Å². The second-order valence-electron chi connectivity index (χ2n) is 4.68. The van der Waals surface area contributed by atoms with Gasteiger partial charge in [-0.1, -0.05) is 6.92 Å². The Labute approximate surface area is 140 Å². The number of anilines is 2. The number of halogens is 1. The van der Waals surface area contributed by atoms with Crippen LogP contribution in [0.3, 0.4) is 0 Å². The van der Waals surface area contributed by atoms with Crippen molar-refractivity contribution in [3.05, 3.63) is 18.2 Å². The van der Waals surface area contributed by atoms with Crippen molar-refractivity contribution < 1.29 is 14.3 Å². The molecule has 0 spiro atoms. The van der Waals surface area contributed by atoms with Crippen LogP contribution in [0.1, 0.15) is 13.3 Å². The first-order valence-corrected chi connectivity index (χ1v) is 7.83. The molecular weight excluding hydrogens is 326 g/mol. The summed E-state index contributed by atoms with van der Waals surface area (Å²) in [6.07, 6.45) is 0.403. The van der Waals surface area contributed by atoms with Crippen LogP contribution in [0.4, 0.5) is 11.4 Å². The number of carbonyl (C=O) groups excluding carboxylic acids is 2. The molecule has 1 atom stereocenters. The third kappa shape index (κ3) is 3.98. The summed E-state index contributed by atoms with van der Waals surface area (Å²) < 4.78 is 5.07. The summed E-state index contributed by atoms with van der Waals surface area (Å²) in [5.74, 6) is 1.55. The second-order valence-corrected chi connectivity index (χ2v) is 5.68. The van der Waals surface area contributed by atoms with E-state index in [1.165, 1.54) is 7.11 Å². The van der Waals surface area contributed by atoms with E-state index in [1.54, 1.807) is 41.8 Å². The van der Waals surface area contributed by atoms with Gasteiger partial charge in [-0.15, -0.1) is 24.2 Å². The zero-order chi connectivity index (χ0) is 15.4. The predicted molar refractivity (Wildman–Crippen MR) is 91.5 cm³/mol. The molecule has 22 heavy (non-hydrogen) atoms. The molecule has 0 aliphatic carbocycles. The molecule has 0 radical (unpaired) electrons. The second kappa shape index (κ2) is 8.14. The average Bonchev–Trinajstić information content (AvgIpc) is 2.96. The zero-order valence-electron chi connectivity index (χ0n) is 12.5. The molecule has 1 aliphatic heterocycles. The normalized spacial score (nSPS) is 16.8. The number of carbonyl (C=O) groups is 2. The van der Waals surface area contributed by atoms with Gasteiger partial charge >= 0.3 is 0 Å². The van der Waals surface area contributed by atoms with Crippen LogP contribution < -0.4 is 15.8 Å². The molecule has 122 valence electrons. The molecule has 2 rings (SSSR count). The maximum atomic E-state index is 12.3. The molecule has 3 N–H and O–H groups in total. The lowest BCUT2D eigenvalue weighted by Crippen LogP contribution is -2.44. The van der Waals surface area contributed by atoms with E-state index in [0.29, 0.717) is 35.2 Å². The zero-order valence-corrected chi connectivity index (χ0v) is 14.1.